The number of fused-ring (bicyclic) bond motifs is 1. The Kier molecular flexibility index (Phi) is 4.79. The van der Waals surface area contributed by atoms with Gasteiger partial charge in [-0.3, -0.25) is 4.99 Å². The average molecular weight is 473 g/mol. The number of hydrogen-bond donors (Lipinski definition) is 1. The molecule has 2 bridgehead atoms. The van der Waals surface area contributed by atoms with Crippen LogP contribution in [0.15, 0.2) is 23.0 Å². The van der Waals surface area contributed by atoms with Crippen molar-refractivity contribution in [3.05, 3.63) is 35.2 Å². The summed E-state index contributed by atoms with van der Waals surface area (Å²) in [5, 5.41) is 0. The minimum atomic E-state index is -4.18. The van der Waals surface area contributed by atoms with Crippen LogP contribution >= 0.6 is 0 Å². The zero-order chi connectivity index (χ0) is 23.7. The molecular formula is C24H27F3N6O. The third kappa shape index (κ3) is 3.40. The number of halogens is 3. The molecule has 7 rings (SSSR count). The highest BCUT2D eigenvalue weighted by Crippen LogP contribution is 2.78. The molecule has 3 heterocycles. The molecule has 180 valence electrons. The van der Waals surface area contributed by atoms with Crippen LogP contribution in [0.3, 0.4) is 0 Å². The van der Waals surface area contributed by atoms with Gasteiger partial charge in [-0.05, 0) is 51.9 Å². The molecule has 0 radical (unpaired) electrons. The van der Waals surface area contributed by atoms with Gasteiger partial charge < -0.3 is 10.5 Å². The first kappa shape index (κ1) is 21.9. The Morgan fingerprint density at radius 2 is 1.94 bits per heavy atom. The highest BCUT2D eigenvalue weighted by atomic mass is 19.4. The van der Waals surface area contributed by atoms with Gasteiger partial charge in [0.05, 0.1) is 28.9 Å². The molecule has 1 saturated heterocycles. The molecule has 0 spiro atoms. The number of nitrogens with two attached hydrogens (primary N) is 1. The van der Waals surface area contributed by atoms with E-state index in [1.54, 1.807) is 12.4 Å². The van der Waals surface area contributed by atoms with E-state index in [4.69, 9.17) is 20.4 Å². The predicted molar refractivity (Wildman–Crippen MR) is 119 cm³/mol. The third-order valence-corrected chi connectivity index (χ3v) is 7.87. The second-order valence-corrected chi connectivity index (χ2v) is 10.5. The number of rotatable bonds is 5. The lowest BCUT2D eigenvalue weighted by atomic mass is 9.34. The molecule has 5 aliphatic rings. The van der Waals surface area contributed by atoms with Crippen LogP contribution in [0.4, 0.5) is 13.2 Å². The number of alkyl halides is 3. The van der Waals surface area contributed by atoms with Gasteiger partial charge in [0.1, 0.15) is 11.3 Å². The summed E-state index contributed by atoms with van der Waals surface area (Å²) in [6.45, 7) is 2.35. The number of aliphatic imine (C=N–C) groups is 1. The van der Waals surface area contributed by atoms with E-state index in [0.29, 0.717) is 47.4 Å². The number of aryl methyl sites for hydroxylation is 1. The Morgan fingerprint density at radius 1 is 1.18 bits per heavy atom. The lowest BCUT2D eigenvalue weighted by molar-refractivity contribution is -0.337. The maximum atomic E-state index is 13.5. The summed E-state index contributed by atoms with van der Waals surface area (Å²) in [6, 6.07) is 0.385. The van der Waals surface area contributed by atoms with Crippen molar-refractivity contribution < 1.29 is 17.9 Å². The monoisotopic (exact) mass is 472 g/mol. The molecule has 34 heavy (non-hydrogen) atoms. The van der Waals surface area contributed by atoms with Crippen molar-refractivity contribution in [3.63, 3.8) is 0 Å². The van der Waals surface area contributed by atoms with E-state index in [0.717, 1.165) is 24.8 Å². The standard InChI is InChI=1S/C24H27F3N6O/c1-13-8-30-18-19(22-10-23(11-22,12-22)24(25,26)27)32-20(33-21(18)31-13)14-4-5-34-17(6-14)15(7-28)9-29-16-2-3-16/h7-9,14,16-17H,2-6,10-12,28H2,1H3/b15-7+,29-9?/t14-,17+,22?,23?/m0/s1. The summed E-state index contributed by atoms with van der Waals surface area (Å²) in [7, 11) is 0. The van der Waals surface area contributed by atoms with E-state index in [1.165, 1.54) is 0 Å². The van der Waals surface area contributed by atoms with Gasteiger partial charge in [0.2, 0.25) is 0 Å². The zero-order valence-electron chi connectivity index (χ0n) is 19.0. The average Bonchev–Trinajstić information content (AvgIpc) is 3.55. The molecular weight excluding hydrogens is 445 g/mol. The maximum Gasteiger partial charge on any atom is 0.394 e. The fourth-order valence-electron chi connectivity index (χ4n) is 5.81. The van der Waals surface area contributed by atoms with Crippen molar-refractivity contribution in [2.45, 2.75) is 81.5 Å². The van der Waals surface area contributed by atoms with Gasteiger partial charge in [0.25, 0.3) is 0 Å². The number of hydrogen-bond acceptors (Lipinski definition) is 7. The molecule has 2 aromatic heterocycles. The summed E-state index contributed by atoms with van der Waals surface area (Å²) < 4.78 is 46.5. The van der Waals surface area contributed by atoms with Gasteiger partial charge in [-0.2, -0.15) is 13.2 Å². The fraction of sp³-hybridized carbons (Fsp3) is 0.625. The lowest BCUT2D eigenvalue weighted by Gasteiger charge is -2.70. The minimum Gasteiger partial charge on any atom is -0.404 e. The van der Waals surface area contributed by atoms with Crippen LogP contribution in [0.1, 0.15) is 68.1 Å². The molecule has 7 nitrogen and oxygen atoms in total. The van der Waals surface area contributed by atoms with Crippen LogP contribution in [0.5, 0.6) is 0 Å². The SMILES string of the molecule is Cc1cnc2c(C34CC(C(F)(F)F)(C3)C4)nc([C@H]3CCO[C@@H](/C(C=NC4CC4)=C/N)C3)nc2n1. The predicted octanol–water partition coefficient (Wildman–Crippen LogP) is 4.05. The highest BCUT2D eigenvalue weighted by molar-refractivity contribution is 5.80. The van der Waals surface area contributed by atoms with Gasteiger partial charge in [-0.15, -0.1) is 0 Å². The van der Waals surface area contributed by atoms with Gasteiger partial charge in [0.15, 0.2) is 5.65 Å². The Morgan fingerprint density at radius 3 is 2.62 bits per heavy atom. The Balaban J connectivity index is 1.32. The fourth-order valence-corrected chi connectivity index (χ4v) is 5.81. The third-order valence-electron chi connectivity index (χ3n) is 7.87. The number of aromatic nitrogens is 4. The van der Waals surface area contributed by atoms with Crippen molar-refractivity contribution in [3.8, 4) is 0 Å². The molecule has 1 aliphatic heterocycles. The first-order valence-electron chi connectivity index (χ1n) is 11.9. The van der Waals surface area contributed by atoms with Crippen molar-refractivity contribution >= 4 is 17.4 Å². The summed E-state index contributed by atoms with van der Waals surface area (Å²) in [4.78, 5) is 23.2. The number of nitrogens with zero attached hydrogens (tertiary/aromatic N) is 5. The summed E-state index contributed by atoms with van der Waals surface area (Å²) >= 11 is 0. The Labute approximate surface area is 195 Å². The van der Waals surface area contributed by atoms with Crippen LogP contribution in [0.25, 0.3) is 11.2 Å². The van der Waals surface area contributed by atoms with Crippen molar-refractivity contribution in [2.24, 2.45) is 16.1 Å². The second kappa shape index (κ2) is 7.44. The Hall–Kier alpha value is -2.62. The highest BCUT2D eigenvalue weighted by Gasteiger charge is 2.79. The zero-order valence-corrected chi connectivity index (χ0v) is 19.0. The van der Waals surface area contributed by atoms with E-state index >= 15 is 0 Å². The van der Waals surface area contributed by atoms with E-state index in [2.05, 4.69) is 15.0 Å². The van der Waals surface area contributed by atoms with Crippen molar-refractivity contribution in [1.29, 1.82) is 0 Å². The van der Waals surface area contributed by atoms with E-state index < -0.39 is 17.0 Å². The smallest absolute Gasteiger partial charge is 0.394 e. The van der Waals surface area contributed by atoms with Crippen LogP contribution in [0, 0.1) is 12.3 Å². The summed E-state index contributed by atoms with van der Waals surface area (Å²) in [6.07, 6.45) is 4.34. The largest absolute Gasteiger partial charge is 0.404 e. The molecule has 0 unspecified atom stereocenters. The second-order valence-electron chi connectivity index (χ2n) is 10.5. The first-order chi connectivity index (χ1) is 16.2. The van der Waals surface area contributed by atoms with Crippen LogP contribution in [-0.4, -0.2) is 51.1 Å². The van der Waals surface area contributed by atoms with Crippen LogP contribution in [-0.2, 0) is 10.2 Å². The molecule has 2 atom stereocenters. The molecule has 5 fully saturated rings. The van der Waals surface area contributed by atoms with Gasteiger partial charge in [0, 0.05) is 42.1 Å². The van der Waals surface area contributed by atoms with E-state index in [1.807, 2.05) is 13.1 Å². The molecule has 4 aliphatic carbocycles. The van der Waals surface area contributed by atoms with Gasteiger partial charge in [-0.1, -0.05) is 0 Å². The van der Waals surface area contributed by atoms with Gasteiger partial charge in [-0.25, -0.2) is 19.9 Å². The normalized spacial score (nSPS) is 33.7. The molecule has 2 aromatic rings. The quantitative estimate of drug-likeness (QED) is 0.659. The number of ether oxygens (including phenoxy) is 1. The molecule has 10 heteroatoms. The summed E-state index contributed by atoms with van der Waals surface area (Å²) in [5.74, 6) is 0.592. The van der Waals surface area contributed by atoms with E-state index in [-0.39, 0.29) is 31.3 Å². The van der Waals surface area contributed by atoms with Crippen LogP contribution in [0.2, 0.25) is 0 Å². The van der Waals surface area contributed by atoms with Crippen molar-refractivity contribution in [2.75, 3.05) is 6.61 Å². The molecule has 0 aromatic carbocycles. The maximum absolute atomic E-state index is 13.5. The topological polar surface area (TPSA) is 99.2 Å². The molecule has 2 N–H and O–H groups in total. The molecule has 4 saturated carbocycles. The minimum absolute atomic E-state index is 0.0163. The van der Waals surface area contributed by atoms with Crippen LogP contribution < -0.4 is 5.73 Å². The lowest BCUT2D eigenvalue weighted by Crippen LogP contribution is -2.70. The van der Waals surface area contributed by atoms with Gasteiger partial charge >= 0.3 is 6.18 Å². The Bertz CT molecular complexity index is 1190. The molecule has 0 amide bonds. The van der Waals surface area contributed by atoms with E-state index in [9.17, 15) is 13.2 Å². The summed E-state index contributed by atoms with van der Waals surface area (Å²) in [5.41, 5.74) is 6.87. The van der Waals surface area contributed by atoms with Crippen molar-refractivity contribution in [1.82, 2.24) is 19.9 Å². The first-order valence-corrected chi connectivity index (χ1v) is 11.9.